The fourth-order valence-electron chi connectivity index (χ4n) is 4.14. The first-order valence-corrected chi connectivity index (χ1v) is 9.64. The second-order valence-electron chi connectivity index (χ2n) is 8.48. The minimum Gasteiger partial charge on any atom is -0.444 e. The van der Waals surface area contributed by atoms with E-state index in [1.54, 1.807) is 0 Å². The van der Waals surface area contributed by atoms with Crippen molar-refractivity contribution in [2.45, 2.75) is 95.5 Å². The normalized spacial score (nSPS) is 30.2. The molecule has 2 aliphatic carbocycles. The van der Waals surface area contributed by atoms with Crippen LogP contribution >= 0.6 is 0 Å². The molecule has 0 saturated heterocycles. The van der Waals surface area contributed by atoms with E-state index in [4.69, 9.17) is 4.74 Å². The molecule has 6 heteroatoms. The van der Waals surface area contributed by atoms with Crippen molar-refractivity contribution in [3.05, 3.63) is 18.7 Å². The largest absolute Gasteiger partial charge is 0.444 e. The summed E-state index contributed by atoms with van der Waals surface area (Å²) in [5.74, 6) is 0. The summed E-state index contributed by atoms with van der Waals surface area (Å²) in [7, 11) is 0. The molecule has 0 aliphatic heterocycles. The number of rotatable bonds is 4. The lowest BCUT2D eigenvalue weighted by atomic mass is 9.90. The van der Waals surface area contributed by atoms with Gasteiger partial charge in [0.2, 0.25) is 0 Å². The first kappa shape index (κ1) is 18.2. The molecule has 0 radical (unpaired) electrons. The monoisotopic (exact) mass is 348 g/mol. The predicted octanol–water partition coefficient (Wildman–Crippen LogP) is 3.40. The molecule has 3 rings (SSSR count). The Bertz CT molecular complexity index is 544. The van der Waals surface area contributed by atoms with Gasteiger partial charge in [-0.05, 0) is 65.7 Å². The van der Waals surface area contributed by atoms with Gasteiger partial charge in [-0.15, -0.1) is 0 Å². The molecule has 1 heterocycles. The van der Waals surface area contributed by atoms with Crippen LogP contribution < -0.4 is 10.6 Å². The molecule has 1 aromatic heterocycles. The van der Waals surface area contributed by atoms with Gasteiger partial charge in [0.15, 0.2) is 0 Å². The Morgan fingerprint density at radius 2 is 1.84 bits per heavy atom. The number of hydrogen-bond acceptors (Lipinski definition) is 4. The molecule has 2 atom stereocenters. The molecule has 0 bridgehead atoms. The van der Waals surface area contributed by atoms with Crippen molar-refractivity contribution < 1.29 is 9.53 Å². The van der Waals surface area contributed by atoms with Crippen molar-refractivity contribution in [3.63, 3.8) is 0 Å². The van der Waals surface area contributed by atoms with E-state index in [0.29, 0.717) is 18.1 Å². The summed E-state index contributed by atoms with van der Waals surface area (Å²) < 4.78 is 7.61. The molecule has 2 aliphatic rings. The quantitative estimate of drug-likeness (QED) is 0.875. The van der Waals surface area contributed by atoms with Crippen LogP contribution in [0.25, 0.3) is 0 Å². The van der Waals surface area contributed by atoms with Gasteiger partial charge in [0.1, 0.15) is 5.60 Å². The molecular formula is C19H32N4O2. The molecule has 25 heavy (non-hydrogen) atoms. The van der Waals surface area contributed by atoms with Crippen LogP contribution in [0.4, 0.5) is 4.79 Å². The highest BCUT2D eigenvalue weighted by atomic mass is 16.6. The van der Waals surface area contributed by atoms with Gasteiger partial charge in [-0.25, -0.2) is 9.78 Å². The summed E-state index contributed by atoms with van der Waals surface area (Å²) in [6.45, 7) is 5.68. The van der Waals surface area contributed by atoms with Crippen molar-refractivity contribution in [2.24, 2.45) is 0 Å². The van der Waals surface area contributed by atoms with Gasteiger partial charge in [0.25, 0.3) is 0 Å². The Kier molecular flexibility index (Phi) is 5.67. The second-order valence-corrected chi connectivity index (χ2v) is 8.48. The Morgan fingerprint density at radius 3 is 2.48 bits per heavy atom. The summed E-state index contributed by atoms with van der Waals surface area (Å²) in [5.41, 5.74) is -0.437. The van der Waals surface area contributed by atoms with Crippen molar-refractivity contribution in [2.75, 3.05) is 0 Å². The van der Waals surface area contributed by atoms with Crippen LogP contribution in [0.1, 0.15) is 71.8 Å². The number of hydrogen-bond donors (Lipinski definition) is 2. The average molecular weight is 348 g/mol. The van der Waals surface area contributed by atoms with Gasteiger partial charge in [0, 0.05) is 36.6 Å². The summed E-state index contributed by atoms with van der Waals surface area (Å²) in [5, 5.41) is 6.90. The number of imidazole rings is 1. The van der Waals surface area contributed by atoms with Crippen LogP contribution in [0.15, 0.2) is 18.7 Å². The molecule has 140 valence electrons. The van der Waals surface area contributed by atoms with Gasteiger partial charge in [0.05, 0.1) is 6.33 Å². The first-order valence-electron chi connectivity index (χ1n) is 9.64. The second kappa shape index (κ2) is 7.77. The van der Waals surface area contributed by atoms with E-state index in [-0.39, 0.29) is 12.1 Å². The third-order valence-electron chi connectivity index (χ3n) is 5.29. The molecule has 1 amide bonds. The number of carbonyl (C=O) groups is 1. The highest BCUT2D eigenvalue weighted by Crippen LogP contribution is 2.31. The zero-order valence-corrected chi connectivity index (χ0v) is 15.7. The summed E-state index contributed by atoms with van der Waals surface area (Å²) in [4.78, 5) is 16.1. The Balaban J connectivity index is 1.43. The third-order valence-corrected chi connectivity index (χ3v) is 5.29. The molecule has 2 saturated carbocycles. The van der Waals surface area contributed by atoms with Gasteiger partial charge >= 0.3 is 6.09 Å². The van der Waals surface area contributed by atoms with Crippen molar-refractivity contribution in [1.82, 2.24) is 20.2 Å². The minimum absolute atomic E-state index is 0.237. The minimum atomic E-state index is -0.437. The van der Waals surface area contributed by atoms with Gasteiger partial charge in [-0.3, -0.25) is 0 Å². The van der Waals surface area contributed by atoms with E-state index in [0.717, 1.165) is 25.7 Å². The average Bonchev–Trinajstić information content (AvgIpc) is 3.18. The summed E-state index contributed by atoms with van der Waals surface area (Å²) >= 11 is 0. The maximum Gasteiger partial charge on any atom is 0.407 e. The van der Waals surface area contributed by atoms with E-state index >= 15 is 0 Å². The van der Waals surface area contributed by atoms with Crippen LogP contribution in [0, 0.1) is 0 Å². The highest BCUT2D eigenvalue weighted by molar-refractivity contribution is 5.68. The van der Waals surface area contributed by atoms with Crippen molar-refractivity contribution in [3.8, 4) is 0 Å². The molecule has 2 unspecified atom stereocenters. The van der Waals surface area contributed by atoms with Crippen LogP contribution in [0.5, 0.6) is 0 Å². The van der Waals surface area contributed by atoms with E-state index in [9.17, 15) is 4.79 Å². The lowest BCUT2D eigenvalue weighted by molar-refractivity contribution is 0.0489. The Morgan fingerprint density at radius 1 is 1.12 bits per heavy atom. The molecular weight excluding hydrogens is 316 g/mol. The molecule has 2 fully saturated rings. The SMILES string of the molecule is CC(C)(C)OC(=O)NC1CCC(NC2CCCC2n2ccnc2)CC1. The van der Waals surface area contributed by atoms with Crippen LogP contribution in [-0.2, 0) is 4.74 Å². The van der Waals surface area contributed by atoms with Crippen LogP contribution in [0.3, 0.4) is 0 Å². The van der Waals surface area contributed by atoms with E-state index in [1.165, 1.54) is 19.3 Å². The van der Waals surface area contributed by atoms with Crippen LogP contribution in [0.2, 0.25) is 0 Å². The number of carbonyl (C=O) groups excluding carboxylic acids is 1. The van der Waals surface area contributed by atoms with Crippen molar-refractivity contribution in [1.29, 1.82) is 0 Å². The number of ether oxygens (including phenoxy) is 1. The summed E-state index contributed by atoms with van der Waals surface area (Å²) in [6.07, 6.45) is 13.6. The lowest BCUT2D eigenvalue weighted by Gasteiger charge is -2.33. The Hall–Kier alpha value is -1.56. The zero-order chi connectivity index (χ0) is 17.9. The van der Waals surface area contributed by atoms with Crippen LogP contribution in [-0.4, -0.2) is 39.4 Å². The van der Waals surface area contributed by atoms with E-state index < -0.39 is 5.60 Å². The maximum atomic E-state index is 11.9. The fourth-order valence-corrected chi connectivity index (χ4v) is 4.14. The summed E-state index contributed by atoms with van der Waals surface area (Å²) in [6, 6.07) is 1.85. The number of amides is 1. The van der Waals surface area contributed by atoms with Gasteiger partial charge in [-0.1, -0.05) is 0 Å². The zero-order valence-electron chi connectivity index (χ0n) is 15.7. The predicted molar refractivity (Wildman–Crippen MR) is 97.5 cm³/mol. The number of nitrogens with zero attached hydrogens (tertiary/aromatic N) is 2. The fraction of sp³-hybridized carbons (Fsp3) is 0.789. The topological polar surface area (TPSA) is 68.2 Å². The number of alkyl carbamates (subject to hydrolysis) is 1. The van der Waals surface area contributed by atoms with E-state index in [1.807, 2.05) is 33.3 Å². The standard InChI is InChI=1S/C19H32N4O2/c1-19(2,3)25-18(24)22-15-9-7-14(8-10-15)21-16-5-4-6-17(16)23-12-11-20-13-23/h11-17,21H,4-10H2,1-3H3,(H,22,24). The highest BCUT2D eigenvalue weighted by Gasteiger charge is 2.32. The molecule has 0 aromatic carbocycles. The third kappa shape index (κ3) is 5.21. The number of aromatic nitrogens is 2. The van der Waals surface area contributed by atoms with Crippen molar-refractivity contribution >= 4 is 6.09 Å². The first-order chi connectivity index (χ1) is 11.9. The van der Waals surface area contributed by atoms with Gasteiger partial charge < -0.3 is 19.9 Å². The lowest BCUT2D eigenvalue weighted by Crippen LogP contribution is -2.47. The molecule has 2 N–H and O–H groups in total. The molecule has 6 nitrogen and oxygen atoms in total. The van der Waals surface area contributed by atoms with E-state index in [2.05, 4.69) is 26.4 Å². The molecule has 0 spiro atoms. The number of nitrogens with one attached hydrogen (secondary N) is 2. The van der Waals surface area contributed by atoms with Gasteiger partial charge in [-0.2, -0.15) is 0 Å². The molecule has 1 aromatic rings. The maximum absolute atomic E-state index is 11.9. The Labute approximate surface area is 150 Å². The smallest absolute Gasteiger partial charge is 0.407 e.